The molecule has 6 heteroatoms. The summed E-state index contributed by atoms with van der Waals surface area (Å²) in [5.74, 6) is 2.42. The van der Waals surface area contributed by atoms with Gasteiger partial charge in [-0.05, 0) is 62.9 Å². The maximum atomic E-state index is 13.4. The number of nitrogens with zero attached hydrogens (tertiary/aromatic N) is 5. The van der Waals surface area contributed by atoms with Gasteiger partial charge in [-0.25, -0.2) is 9.37 Å². The zero-order valence-electron chi connectivity index (χ0n) is 16.9. The molecule has 27 heavy (non-hydrogen) atoms. The normalized spacial score (nSPS) is 18.3. The average molecular weight is 374 g/mol. The van der Waals surface area contributed by atoms with Gasteiger partial charge in [-0.15, -0.1) is 0 Å². The van der Waals surface area contributed by atoms with Crippen LogP contribution < -0.4 is 0 Å². The first-order valence-electron chi connectivity index (χ1n) is 10.1. The van der Waals surface area contributed by atoms with Gasteiger partial charge >= 0.3 is 0 Å². The number of aromatic nitrogens is 3. The molecular weight excluding hydrogens is 341 g/mol. The van der Waals surface area contributed by atoms with Gasteiger partial charge in [-0.2, -0.15) is 5.10 Å². The molecule has 1 atom stereocenters. The van der Waals surface area contributed by atoms with Crippen LogP contribution in [0.15, 0.2) is 24.3 Å². The molecule has 5 nitrogen and oxygen atoms in total. The van der Waals surface area contributed by atoms with Crippen LogP contribution in [-0.4, -0.2) is 57.3 Å². The van der Waals surface area contributed by atoms with Gasteiger partial charge in [0.2, 0.25) is 0 Å². The molecule has 1 fully saturated rings. The molecule has 0 N–H and O–H groups in total. The van der Waals surface area contributed by atoms with Gasteiger partial charge in [-0.3, -0.25) is 9.58 Å². The number of aryl methyl sites for hydroxylation is 2. The Labute approximate surface area is 162 Å². The fourth-order valence-corrected chi connectivity index (χ4v) is 4.05. The van der Waals surface area contributed by atoms with Crippen LogP contribution in [0.1, 0.15) is 37.0 Å². The number of hydrogen-bond acceptors (Lipinski definition) is 4. The summed E-state index contributed by atoms with van der Waals surface area (Å²) < 4.78 is 15.2. The molecule has 0 bridgehead atoms. The molecule has 3 rings (SSSR count). The third kappa shape index (κ3) is 5.84. The lowest BCUT2D eigenvalue weighted by Gasteiger charge is -2.35. The van der Waals surface area contributed by atoms with E-state index in [0.29, 0.717) is 5.92 Å². The molecule has 2 aromatic rings. The molecule has 1 unspecified atom stereocenters. The molecule has 2 heterocycles. The van der Waals surface area contributed by atoms with Crippen LogP contribution in [0, 0.1) is 18.7 Å². The molecule has 0 radical (unpaired) electrons. The zero-order valence-corrected chi connectivity index (χ0v) is 16.9. The van der Waals surface area contributed by atoms with Gasteiger partial charge < -0.3 is 4.90 Å². The van der Waals surface area contributed by atoms with E-state index in [1.54, 1.807) is 12.1 Å². The fraction of sp³-hybridized carbons (Fsp3) is 0.619. The Morgan fingerprint density at radius 1 is 1.33 bits per heavy atom. The first-order valence-corrected chi connectivity index (χ1v) is 10.1. The second kappa shape index (κ2) is 9.42. The van der Waals surface area contributed by atoms with Crippen LogP contribution in [0.5, 0.6) is 0 Å². The van der Waals surface area contributed by atoms with Crippen molar-refractivity contribution in [2.45, 2.75) is 39.7 Å². The molecule has 1 aromatic carbocycles. The Balaban J connectivity index is 1.50. The van der Waals surface area contributed by atoms with Crippen molar-refractivity contribution in [1.82, 2.24) is 24.6 Å². The zero-order chi connectivity index (χ0) is 19.2. The monoisotopic (exact) mass is 373 g/mol. The van der Waals surface area contributed by atoms with Gasteiger partial charge in [0.05, 0.1) is 6.54 Å². The topological polar surface area (TPSA) is 37.2 Å². The van der Waals surface area contributed by atoms with Gasteiger partial charge in [-0.1, -0.05) is 19.1 Å². The Hall–Kier alpha value is -1.79. The highest BCUT2D eigenvalue weighted by atomic mass is 19.1. The second-order valence-electron chi connectivity index (χ2n) is 7.72. The van der Waals surface area contributed by atoms with Crippen LogP contribution in [0.25, 0.3) is 0 Å². The fourth-order valence-electron chi connectivity index (χ4n) is 4.05. The molecule has 1 aromatic heterocycles. The molecule has 148 valence electrons. The molecule has 1 aliphatic heterocycles. The maximum absolute atomic E-state index is 13.4. The van der Waals surface area contributed by atoms with E-state index in [1.165, 1.54) is 18.9 Å². The van der Waals surface area contributed by atoms with E-state index < -0.39 is 0 Å². The summed E-state index contributed by atoms with van der Waals surface area (Å²) in [5, 5.41) is 4.36. The highest BCUT2D eigenvalue weighted by Gasteiger charge is 2.22. The number of likely N-dealkylation sites (tertiary alicyclic amines) is 1. The van der Waals surface area contributed by atoms with Crippen molar-refractivity contribution in [3.05, 3.63) is 47.3 Å². The quantitative estimate of drug-likeness (QED) is 0.713. The summed E-state index contributed by atoms with van der Waals surface area (Å²) in [6, 6.07) is 6.99. The van der Waals surface area contributed by atoms with E-state index in [0.717, 1.165) is 62.9 Å². The largest absolute Gasteiger partial charge is 0.303 e. The first-order chi connectivity index (χ1) is 13.0. The minimum Gasteiger partial charge on any atom is -0.303 e. The molecule has 0 amide bonds. The summed E-state index contributed by atoms with van der Waals surface area (Å²) in [6.45, 7) is 10.4. The molecule has 0 aliphatic carbocycles. The van der Waals surface area contributed by atoms with Gasteiger partial charge in [0.1, 0.15) is 17.5 Å². The summed E-state index contributed by atoms with van der Waals surface area (Å²) in [5.41, 5.74) is 1.09. The van der Waals surface area contributed by atoms with E-state index in [4.69, 9.17) is 0 Å². The number of hydrogen-bond donors (Lipinski definition) is 0. The van der Waals surface area contributed by atoms with E-state index in [9.17, 15) is 4.39 Å². The van der Waals surface area contributed by atoms with Crippen LogP contribution in [0.3, 0.4) is 0 Å². The first kappa shape index (κ1) is 20.0. The van der Waals surface area contributed by atoms with Crippen LogP contribution >= 0.6 is 0 Å². The SMILES string of the molecule is CCN(Cc1nc(C)nn1C)CC1CCCN(CCc2cccc(F)c2)C1. The highest BCUT2D eigenvalue weighted by molar-refractivity contribution is 5.16. The van der Waals surface area contributed by atoms with E-state index in [-0.39, 0.29) is 5.82 Å². The number of halogens is 1. The highest BCUT2D eigenvalue weighted by Crippen LogP contribution is 2.19. The summed E-state index contributed by atoms with van der Waals surface area (Å²) >= 11 is 0. The van der Waals surface area contributed by atoms with E-state index in [2.05, 4.69) is 26.8 Å². The van der Waals surface area contributed by atoms with Crippen LogP contribution in [0.2, 0.25) is 0 Å². The van der Waals surface area contributed by atoms with Crippen molar-refractivity contribution in [3.8, 4) is 0 Å². The Morgan fingerprint density at radius 2 is 2.19 bits per heavy atom. The van der Waals surface area contributed by atoms with Gasteiger partial charge in [0.25, 0.3) is 0 Å². The summed E-state index contributed by atoms with van der Waals surface area (Å²) in [6.07, 6.45) is 3.44. The molecule has 1 aliphatic rings. The minimum atomic E-state index is -0.137. The summed E-state index contributed by atoms with van der Waals surface area (Å²) in [4.78, 5) is 9.56. The lowest BCUT2D eigenvalue weighted by Crippen LogP contribution is -2.41. The second-order valence-corrected chi connectivity index (χ2v) is 7.72. The third-order valence-corrected chi connectivity index (χ3v) is 5.50. The number of piperidine rings is 1. The lowest BCUT2D eigenvalue weighted by atomic mass is 9.97. The van der Waals surface area contributed by atoms with Gasteiger partial charge in [0, 0.05) is 26.7 Å². The van der Waals surface area contributed by atoms with Gasteiger partial charge in [0.15, 0.2) is 0 Å². The van der Waals surface area contributed by atoms with Crippen molar-refractivity contribution >= 4 is 0 Å². The van der Waals surface area contributed by atoms with Crippen LogP contribution in [-0.2, 0) is 20.0 Å². The lowest BCUT2D eigenvalue weighted by molar-refractivity contribution is 0.131. The standard InChI is InChI=1S/C21H32FN5/c1-4-26(16-21-23-17(2)24-25(21)3)14-19-8-6-11-27(15-19)12-10-18-7-5-9-20(22)13-18/h5,7,9,13,19H,4,6,8,10-12,14-16H2,1-3H3. The van der Waals surface area contributed by atoms with E-state index >= 15 is 0 Å². The number of benzene rings is 1. The third-order valence-electron chi connectivity index (χ3n) is 5.50. The Kier molecular flexibility index (Phi) is 6.96. The Morgan fingerprint density at radius 3 is 2.89 bits per heavy atom. The van der Waals surface area contributed by atoms with Crippen molar-refractivity contribution in [2.24, 2.45) is 13.0 Å². The maximum Gasteiger partial charge on any atom is 0.147 e. The molecule has 0 saturated carbocycles. The molecular formula is C21H32FN5. The van der Waals surface area contributed by atoms with Crippen molar-refractivity contribution in [3.63, 3.8) is 0 Å². The smallest absolute Gasteiger partial charge is 0.147 e. The average Bonchev–Trinajstić information content (AvgIpc) is 2.97. The summed E-state index contributed by atoms with van der Waals surface area (Å²) in [7, 11) is 1.97. The minimum absolute atomic E-state index is 0.137. The van der Waals surface area contributed by atoms with Crippen molar-refractivity contribution < 1.29 is 4.39 Å². The van der Waals surface area contributed by atoms with E-state index in [1.807, 2.05) is 24.7 Å². The van der Waals surface area contributed by atoms with Crippen LogP contribution in [0.4, 0.5) is 4.39 Å². The van der Waals surface area contributed by atoms with Crippen molar-refractivity contribution in [2.75, 3.05) is 32.7 Å². The Bertz CT molecular complexity index is 729. The van der Waals surface area contributed by atoms with Crippen molar-refractivity contribution in [1.29, 1.82) is 0 Å². The molecule has 1 saturated heterocycles. The predicted octanol–water partition coefficient (Wildman–Crippen LogP) is 3.04. The molecule has 0 spiro atoms. The predicted molar refractivity (Wildman–Crippen MR) is 106 cm³/mol. The number of rotatable bonds is 8.